The topological polar surface area (TPSA) is 51.7 Å². The van der Waals surface area contributed by atoms with Crippen LogP contribution in [0.15, 0.2) is 18.2 Å². The molecule has 140 valence electrons. The van der Waals surface area contributed by atoms with Crippen molar-refractivity contribution < 1.29 is 14.3 Å². The molecule has 0 radical (unpaired) electrons. The van der Waals surface area contributed by atoms with Gasteiger partial charge in [0.05, 0.1) is 30.0 Å². The minimum atomic E-state index is 0.129. The number of ether oxygens (including phenoxy) is 2. The number of carbonyl (C=O) groups is 1. The number of nitrogens with zero attached hydrogens (tertiary/aromatic N) is 2. The van der Waals surface area contributed by atoms with Gasteiger partial charge in [0.25, 0.3) is 0 Å². The molecule has 1 atom stereocenters. The van der Waals surface area contributed by atoms with E-state index in [2.05, 4.69) is 0 Å². The lowest BCUT2D eigenvalue weighted by Gasteiger charge is -2.29. The lowest BCUT2D eigenvalue weighted by molar-refractivity contribution is -0.123. The van der Waals surface area contributed by atoms with E-state index in [0.717, 1.165) is 66.2 Å². The molecule has 4 rings (SSSR count). The molecular weight excluding hydrogens is 348 g/mol. The fourth-order valence-corrected chi connectivity index (χ4v) is 4.97. The molecule has 1 saturated heterocycles. The molecule has 0 N–H and O–H groups in total. The Morgan fingerprint density at radius 1 is 1.27 bits per heavy atom. The molecule has 1 aromatic carbocycles. The van der Waals surface area contributed by atoms with Crippen LogP contribution in [0.2, 0.25) is 0 Å². The summed E-state index contributed by atoms with van der Waals surface area (Å²) in [6.07, 6.45) is 7.78. The van der Waals surface area contributed by atoms with Crippen molar-refractivity contribution in [1.29, 1.82) is 0 Å². The maximum atomic E-state index is 13.3. The van der Waals surface area contributed by atoms with E-state index in [1.54, 1.807) is 18.4 Å². The van der Waals surface area contributed by atoms with Gasteiger partial charge in [0.1, 0.15) is 5.75 Å². The highest BCUT2D eigenvalue weighted by Gasteiger charge is 2.31. The zero-order valence-electron chi connectivity index (χ0n) is 15.3. The van der Waals surface area contributed by atoms with Gasteiger partial charge in [-0.3, -0.25) is 9.69 Å². The number of carbonyl (C=O) groups excluding carboxylic acids is 1. The third-order valence-corrected chi connectivity index (χ3v) is 6.49. The van der Waals surface area contributed by atoms with Gasteiger partial charge in [-0.1, -0.05) is 30.6 Å². The number of fused-ring (bicyclic) bond motifs is 1. The van der Waals surface area contributed by atoms with Crippen LogP contribution in [0.25, 0.3) is 10.2 Å². The fourth-order valence-electron chi connectivity index (χ4n) is 3.96. The molecule has 6 heteroatoms. The molecule has 0 spiro atoms. The fraction of sp³-hybridized carbons (Fsp3) is 0.600. The van der Waals surface area contributed by atoms with Crippen molar-refractivity contribution >= 4 is 32.6 Å². The van der Waals surface area contributed by atoms with Crippen molar-refractivity contribution in [1.82, 2.24) is 4.98 Å². The zero-order valence-corrected chi connectivity index (χ0v) is 16.1. The van der Waals surface area contributed by atoms with Gasteiger partial charge in [-0.15, -0.1) is 0 Å². The van der Waals surface area contributed by atoms with Crippen LogP contribution in [0.5, 0.6) is 5.75 Å². The Morgan fingerprint density at radius 3 is 2.85 bits per heavy atom. The summed E-state index contributed by atoms with van der Waals surface area (Å²) in [7, 11) is 1.67. The van der Waals surface area contributed by atoms with Gasteiger partial charge >= 0.3 is 0 Å². The molecule has 1 aliphatic heterocycles. The molecule has 2 fully saturated rings. The molecule has 5 nitrogen and oxygen atoms in total. The van der Waals surface area contributed by atoms with Gasteiger partial charge in [-0.05, 0) is 43.9 Å². The second-order valence-corrected chi connectivity index (χ2v) is 8.26. The number of methoxy groups -OCH3 is 1. The summed E-state index contributed by atoms with van der Waals surface area (Å²) in [6.45, 7) is 1.42. The van der Waals surface area contributed by atoms with E-state index in [9.17, 15) is 4.79 Å². The number of benzene rings is 1. The van der Waals surface area contributed by atoms with Crippen LogP contribution in [-0.2, 0) is 9.53 Å². The van der Waals surface area contributed by atoms with E-state index in [1.807, 2.05) is 23.1 Å². The summed E-state index contributed by atoms with van der Waals surface area (Å²) in [5.74, 6) is 1.18. The van der Waals surface area contributed by atoms with E-state index >= 15 is 0 Å². The van der Waals surface area contributed by atoms with Crippen LogP contribution in [0, 0.1) is 5.92 Å². The standard InChI is InChI=1S/C20H26N2O3S/c1-24-15-9-10-17-18(12-15)26-20(21-17)22(13-16-8-5-11-25-16)19(23)14-6-3-2-4-7-14/h9-10,12,14,16H,2-8,11,13H2,1H3. The predicted molar refractivity (Wildman–Crippen MR) is 104 cm³/mol. The lowest BCUT2D eigenvalue weighted by Crippen LogP contribution is -2.41. The van der Waals surface area contributed by atoms with E-state index in [4.69, 9.17) is 14.5 Å². The summed E-state index contributed by atoms with van der Waals surface area (Å²) in [4.78, 5) is 20.0. The van der Waals surface area contributed by atoms with Gasteiger partial charge < -0.3 is 9.47 Å². The minimum absolute atomic E-state index is 0.129. The summed E-state index contributed by atoms with van der Waals surface area (Å²) < 4.78 is 12.2. The van der Waals surface area contributed by atoms with Crippen LogP contribution in [0.1, 0.15) is 44.9 Å². The monoisotopic (exact) mass is 374 g/mol. The molecule has 1 aromatic heterocycles. The van der Waals surface area contributed by atoms with E-state index < -0.39 is 0 Å². The minimum Gasteiger partial charge on any atom is -0.497 e. The van der Waals surface area contributed by atoms with Gasteiger partial charge in [-0.25, -0.2) is 4.98 Å². The molecule has 26 heavy (non-hydrogen) atoms. The van der Waals surface area contributed by atoms with Crippen molar-refractivity contribution in [3.63, 3.8) is 0 Å². The van der Waals surface area contributed by atoms with Crippen molar-refractivity contribution in [2.24, 2.45) is 5.92 Å². The Labute approximate surface area is 158 Å². The third-order valence-electron chi connectivity index (χ3n) is 5.45. The highest BCUT2D eigenvalue weighted by molar-refractivity contribution is 7.22. The van der Waals surface area contributed by atoms with Gasteiger partial charge in [0, 0.05) is 12.5 Å². The quantitative estimate of drug-likeness (QED) is 0.778. The highest BCUT2D eigenvalue weighted by Crippen LogP contribution is 2.34. The average molecular weight is 375 g/mol. The number of thiazole rings is 1. The molecule has 2 aromatic rings. The molecular formula is C20H26N2O3S. The van der Waals surface area contributed by atoms with Gasteiger partial charge in [0.2, 0.25) is 5.91 Å². The first-order valence-corrected chi connectivity index (χ1v) is 10.4. The van der Waals surface area contributed by atoms with E-state index in [1.165, 1.54) is 6.42 Å². The largest absolute Gasteiger partial charge is 0.497 e. The first kappa shape index (κ1) is 17.7. The first-order valence-electron chi connectivity index (χ1n) is 9.62. The number of hydrogen-bond acceptors (Lipinski definition) is 5. The summed E-state index contributed by atoms with van der Waals surface area (Å²) in [5, 5.41) is 0.791. The second-order valence-electron chi connectivity index (χ2n) is 7.25. The summed E-state index contributed by atoms with van der Waals surface area (Å²) >= 11 is 1.57. The lowest BCUT2D eigenvalue weighted by atomic mass is 9.88. The van der Waals surface area contributed by atoms with Crippen molar-refractivity contribution in [3.8, 4) is 5.75 Å². The number of anilines is 1. The number of hydrogen-bond donors (Lipinski definition) is 0. The highest BCUT2D eigenvalue weighted by atomic mass is 32.1. The Kier molecular flexibility index (Phi) is 5.41. The van der Waals surface area contributed by atoms with Crippen molar-refractivity contribution in [2.75, 3.05) is 25.2 Å². The summed E-state index contributed by atoms with van der Waals surface area (Å²) in [5.41, 5.74) is 0.916. The van der Waals surface area contributed by atoms with Crippen molar-refractivity contribution in [3.05, 3.63) is 18.2 Å². The average Bonchev–Trinajstić information content (AvgIpc) is 3.34. The molecule has 0 bridgehead atoms. The molecule has 1 amide bonds. The first-order chi connectivity index (χ1) is 12.7. The van der Waals surface area contributed by atoms with Crippen molar-refractivity contribution in [2.45, 2.75) is 51.0 Å². The Morgan fingerprint density at radius 2 is 2.12 bits per heavy atom. The Hall–Kier alpha value is -1.66. The van der Waals surface area contributed by atoms with E-state index in [-0.39, 0.29) is 17.9 Å². The van der Waals surface area contributed by atoms with E-state index in [0.29, 0.717) is 6.54 Å². The van der Waals surface area contributed by atoms with Crippen LogP contribution in [0.4, 0.5) is 5.13 Å². The Balaban J connectivity index is 1.63. The predicted octanol–water partition coefficient (Wildman–Crippen LogP) is 4.40. The maximum absolute atomic E-state index is 13.3. The molecule has 2 heterocycles. The van der Waals surface area contributed by atoms with Gasteiger partial charge in [-0.2, -0.15) is 0 Å². The zero-order chi connectivity index (χ0) is 17.9. The second kappa shape index (κ2) is 7.92. The normalized spacial score (nSPS) is 21.2. The van der Waals surface area contributed by atoms with Crippen LogP contribution in [-0.4, -0.2) is 37.3 Å². The van der Waals surface area contributed by atoms with Crippen LogP contribution >= 0.6 is 11.3 Å². The van der Waals surface area contributed by atoms with Crippen LogP contribution in [0.3, 0.4) is 0 Å². The molecule has 2 aliphatic rings. The number of aromatic nitrogens is 1. The Bertz CT molecular complexity index is 764. The molecule has 1 unspecified atom stereocenters. The van der Waals surface area contributed by atoms with Crippen LogP contribution < -0.4 is 9.64 Å². The van der Waals surface area contributed by atoms with Gasteiger partial charge in [0.15, 0.2) is 5.13 Å². The molecule has 1 saturated carbocycles. The third kappa shape index (κ3) is 3.71. The maximum Gasteiger partial charge on any atom is 0.231 e. The SMILES string of the molecule is COc1ccc2nc(N(CC3CCCO3)C(=O)C3CCCCC3)sc2c1. The smallest absolute Gasteiger partial charge is 0.231 e. The number of amides is 1. The summed E-state index contributed by atoms with van der Waals surface area (Å²) in [6, 6.07) is 5.87. The number of rotatable bonds is 5. The molecule has 1 aliphatic carbocycles.